The number of carbonyl (C=O) groups is 11. The molecule has 12 amide bonds. The summed E-state index contributed by atoms with van der Waals surface area (Å²) in [4.78, 5) is 157. The molecule has 488 valence electrons. The van der Waals surface area contributed by atoms with Gasteiger partial charge in [-0.1, -0.05) is 105 Å². The molecule has 9 atom stereocenters. The number of aliphatic imine (C=N–C) groups is 1. The minimum Gasteiger partial charge on any atom is -0.508 e. The first kappa shape index (κ1) is 71.2. The van der Waals surface area contributed by atoms with E-state index in [0.29, 0.717) is 33.2 Å². The summed E-state index contributed by atoms with van der Waals surface area (Å²) in [6.07, 6.45) is -1.08. The number of aromatic nitrogens is 1. The van der Waals surface area contributed by atoms with Crippen LogP contribution in [0.15, 0.2) is 120 Å². The van der Waals surface area contributed by atoms with E-state index in [1.54, 1.807) is 117 Å². The Morgan fingerprint density at radius 1 is 0.527 bits per heavy atom. The zero-order chi connectivity index (χ0) is 66.7. The van der Waals surface area contributed by atoms with Crippen molar-refractivity contribution in [1.29, 1.82) is 0 Å². The lowest BCUT2D eigenvalue weighted by Gasteiger charge is -2.28. The highest BCUT2D eigenvalue weighted by Gasteiger charge is 2.36. The molecule has 0 spiro atoms. The molecule has 0 saturated carbocycles. The molecule has 91 heavy (non-hydrogen) atoms. The number of phenols is 1. The molecule has 0 aliphatic rings. The zero-order valence-corrected chi connectivity index (χ0v) is 51.2. The predicted molar refractivity (Wildman–Crippen MR) is 336 cm³/mol. The lowest BCUT2D eigenvalue weighted by Crippen LogP contribution is -2.62. The number of nitrogens with one attached hydrogen (secondary N) is 12. The Hall–Kier alpha value is -10.6. The summed E-state index contributed by atoms with van der Waals surface area (Å²) < 4.78 is 0. The van der Waals surface area contributed by atoms with Crippen LogP contribution >= 0.6 is 0 Å². The monoisotopic (exact) mass is 1260 g/mol. The van der Waals surface area contributed by atoms with Gasteiger partial charge in [0.05, 0.1) is 12.5 Å². The van der Waals surface area contributed by atoms with Gasteiger partial charge in [0.1, 0.15) is 54.1 Å². The summed E-state index contributed by atoms with van der Waals surface area (Å²) in [5.74, 6) is -9.37. The fourth-order valence-electron chi connectivity index (χ4n) is 9.58. The van der Waals surface area contributed by atoms with Crippen LogP contribution in [0.1, 0.15) is 75.6 Å². The third-order valence-corrected chi connectivity index (χ3v) is 14.2. The minimum atomic E-state index is -1.89. The number of nitrogens with two attached hydrogens (primary N) is 3. The first-order valence-electron chi connectivity index (χ1n) is 29.4. The predicted octanol–water partition coefficient (Wildman–Crippen LogP) is -1.64. The van der Waals surface area contributed by atoms with E-state index in [1.165, 1.54) is 26.1 Å². The first-order valence-corrected chi connectivity index (χ1v) is 29.4. The highest BCUT2D eigenvalue weighted by atomic mass is 16.3. The quantitative estimate of drug-likeness (QED) is 0.00970. The van der Waals surface area contributed by atoms with Crippen molar-refractivity contribution in [3.63, 3.8) is 0 Å². The Bertz CT molecular complexity index is 3350. The van der Waals surface area contributed by atoms with Crippen LogP contribution in [0.25, 0.3) is 10.9 Å². The molecule has 0 fully saturated rings. The van der Waals surface area contributed by atoms with Gasteiger partial charge in [0, 0.05) is 63.3 Å². The standard InChI is InChI=1S/C62H82N16O13/c1-34(2)27-46(55(85)70-44(21-14-26-67-61(65)66-5)54(84)71-45(53(64)83)28-37-15-8-6-9-16-37)75-62(91)78-77-59(89)48(29-38-17-10-7-11-18-38)74-60(90)52(35(3)79)76-58(88)50(32-51(63)82)73-57(87)49(31-40-33-68-43-20-13-12-19-42(40)43)72-56(86)47(69-36(4)80)30-39-22-24-41(81)25-23-39/h6-13,15-20,22-25,33-35,44-50,52,68,79,81H,14,21,26-32H2,1-5H3,(H2,63,82)(H2,64,83)(H,69,80)(H,70,85)(H,71,84)(H,72,86)(H,73,87)(H,74,90)(H,76,88)(H,77,89)(H3,65,66,67)(H2,75,78,91)/t35-,44+,45+,46+,47-,48+,49-,50+,52+/m1/s1. The lowest BCUT2D eigenvalue weighted by atomic mass is 10.0. The molecule has 0 radical (unpaired) electrons. The van der Waals surface area contributed by atoms with Gasteiger partial charge in [0.25, 0.3) is 5.91 Å². The van der Waals surface area contributed by atoms with E-state index in [-0.39, 0.29) is 69.1 Å². The summed E-state index contributed by atoms with van der Waals surface area (Å²) in [5.41, 5.74) is 24.4. The summed E-state index contributed by atoms with van der Waals surface area (Å²) in [7, 11) is 1.48. The zero-order valence-electron chi connectivity index (χ0n) is 51.2. The summed E-state index contributed by atoms with van der Waals surface area (Å²) in [6.45, 7) is 6.12. The number of H-pyrrole nitrogens is 1. The number of guanidine groups is 1. The van der Waals surface area contributed by atoms with Crippen molar-refractivity contribution in [2.24, 2.45) is 28.1 Å². The second kappa shape index (κ2) is 35.4. The van der Waals surface area contributed by atoms with Gasteiger partial charge >= 0.3 is 6.03 Å². The Labute approximate surface area is 525 Å². The number of aliphatic hydroxyl groups is 1. The number of carbonyl (C=O) groups excluding carboxylic acids is 11. The van der Waals surface area contributed by atoms with E-state index < -0.39 is 126 Å². The SMILES string of the molecule is CN=C(N)NCCC[C@H](NC(=O)[C@H](CC(C)C)NC(=O)NNC(=O)[C@H](Cc1ccccc1)NC(=O)[C@@H](NC(=O)[C@H](CC(N)=O)NC(=O)[C@@H](Cc1c[nH]c2ccccc12)NC(=O)[C@@H](Cc1ccc(O)cc1)NC(C)=O)[C@@H](C)O)C(=O)N[C@@H](Cc1ccccc1)C(N)=O. The number of rotatable bonds is 33. The van der Waals surface area contributed by atoms with Gasteiger partial charge in [-0.25, -0.2) is 10.2 Å². The highest BCUT2D eigenvalue weighted by Crippen LogP contribution is 2.20. The van der Waals surface area contributed by atoms with Gasteiger partial charge < -0.3 is 80.2 Å². The molecule has 29 nitrogen and oxygen atoms in total. The molecule has 0 unspecified atom stereocenters. The maximum absolute atomic E-state index is 14.5. The van der Waals surface area contributed by atoms with E-state index >= 15 is 0 Å². The van der Waals surface area contributed by atoms with Gasteiger partial charge in [-0.15, -0.1) is 0 Å². The van der Waals surface area contributed by atoms with E-state index in [2.05, 4.69) is 68.7 Å². The molecule has 0 saturated heterocycles. The fourth-order valence-corrected chi connectivity index (χ4v) is 9.58. The molecule has 5 rings (SSSR count). The Balaban J connectivity index is 1.32. The van der Waals surface area contributed by atoms with Crippen molar-refractivity contribution in [2.45, 2.75) is 134 Å². The first-order chi connectivity index (χ1) is 43.3. The summed E-state index contributed by atoms with van der Waals surface area (Å²) >= 11 is 0. The number of nitrogens with zero attached hydrogens (tertiary/aromatic N) is 1. The normalized spacial score (nSPS) is 14.2. The van der Waals surface area contributed by atoms with Crippen LogP contribution < -0.4 is 75.9 Å². The van der Waals surface area contributed by atoms with Crippen molar-refractivity contribution in [2.75, 3.05) is 13.6 Å². The van der Waals surface area contributed by atoms with E-state index in [9.17, 15) is 63.0 Å². The second-order valence-corrected chi connectivity index (χ2v) is 22.1. The Morgan fingerprint density at radius 3 is 1.59 bits per heavy atom. The number of amides is 12. The van der Waals surface area contributed by atoms with Gasteiger partial charge in [-0.3, -0.25) is 58.4 Å². The van der Waals surface area contributed by atoms with Crippen LogP contribution in [0.2, 0.25) is 0 Å². The van der Waals surface area contributed by atoms with Crippen LogP contribution in [-0.2, 0) is 73.6 Å². The van der Waals surface area contributed by atoms with Crippen molar-refractivity contribution in [3.8, 4) is 5.75 Å². The average Bonchev–Trinajstić information content (AvgIpc) is 2.04. The van der Waals surface area contributed by atoms with Crippen molar-refractivity contribution < 1.29 is 63.0 Å². The summed E-state index contributed by atoms with van der Waals surface area (Å²) in [6, 6.07) is 17.1. The largest absolute Gasteiger partial charge is 0.508 e. The second-order valence-electron chi connectivity index (χ2n) is 22.1. The third kappa shape index (κ3) is 23.8. The number of hydrazine groups is 1. The molecule has 0 aliphatic heterocycles. The molecular weight excluding hydrogens is 1180 g/mol. The van der Waals surface area contributed by atoms with Gasteiger partial charge in [0.15, 0.2) is 5.96 Å². The maximum atomic E-state index is 14.5. The van der Waals surface area contributed by atoms with E-state index in [1.807, 2.05) is 0 Å². The highest BCUT2D eigenvalue weighted by molar-refractivity contribution is 5.99. The number of urea groups is 1. The van der Waals surface area contributed by atoms with Gasteiger partial charge in [0.2, 0.25) is 53.2 Å². The maximum Gasteiger partial charge on any atom is 0.334 e. The van der Waals surface area contributed by atoms with Crippen molar-refractivity contribution in [3.05, 3.63) is 138 Å². The number of aromatic hydroxyl groups is 1. The van der Waals surface area contributed by atoms with E-state index in [4.69, 9.17) is 17.2 Å². The Kier molecular flexibility index (Phi) is 27.7. The van der Waals surface area contributed by atoms with Gasteiger partial charge in [-0.05, 0) is 72.6 Å². The molecule has 1 aromatic heterocycles. The molecule has 0 aliphatic carbocycles. The molecular formula is C62H82N16O13. The minimum absolute atomic E-state index is 0.0245. The number of benzene rings is 4. The Morgan fingerprint density at radius 2 is 1.02 bits per heavy atom. The molecule has 29 heteroatoms. The molecule has 20 N–H and O–H groups in total. The number of para-hydroxylation sites is 1. The van der Waals surface area contributed by atoms with Gasteiger partial charge in [-0.2, -0.15) is 0 Å². The number of fused-ring (bicyclic) bond motifs is 1. The number of aliphatic hydroxyl groups excluding tert-OH is 1. The number of aromatic amines is 1. The average molecular weight is 1260 g/mol. The van der Waals surface area contributed by atoms with E-state index in [0.717, 1.165) is 6.92 Å². The third-order valence-electron chi connectivity index (χ3n) is 14.2. The number of hydrogen-bond acceptors (Lipinski definition) is 14. The smallest absolute Gasteiger partial charge is 0.334 e. The molecule has 4 aromatic carbocycles. The lowest BCUT2D eigenvalue weighted by molar-refractivity contribution is -0.137. The van der Waals surface area contributed by atoms with Crippen LogP contribution in [0.4, 0.5) is 4.79 Å². The van der Waals surface area contributed by atoms with Crippen LogP contribution in [0.5, 0.6) is 5.75 Å². The number of phenolic OH excluding ortho intramolecular Hbond substituents is 1. The molecule has 0 bridgehead atoms. The van der Waals surface area contributed by atoms with Crippen molar-refractivity contribution in [1.82, 2.24) is 63.7 Å². The number of primary amides is 2. The topological polar surface area (TPSA) is 467 Å². The van der Waals surface area contributed by atoms with Crippen LogP contribution in [0, 0.1) is 5.92 Å². The molecule has 1 heterocycles. The van der Waals surface area contributed by atoms with Crippen LogP contribution in [-0.4, -0.2) is 154 Å². The van der Waals surface area contributed by atoms with Crippen LogP contribution in [0.3, 0.4) is 0 Å². The fraction of sp³-hybridized carbons (Fsp3) is 0.387. The molecule has 5 aromatic rings. The number of hydrogen-bond donors (Lipinski definition) is 17. The van der Waals surface area contributed by atoms with Crippen molar-refractivity contribution >= 4 is 82.0 Å². The summed E-state index contributed by atoms with van der Waals surface area (Å²) in [5, 5.41) is 44.7.